The number of nitrogens with one attached hydrogen (secondary N) is 3. The molecule has 1 aromatic heterocycles. The fourth-order valence-electron chi connectivity index (χ4n) is 3.49. The lowest BCUT2D eigenvalue weighted by atomic mass is 10.1. The van der Waals surface area contributed by atoms with Gasteiger partial charge in [-0.25, -0.2) is 9.78 Å². The van der Waals surface area contributed by atoms with Crippen molar-refractivity contribution in [3.8, 4) is 0 Å². The molecule has 0 unspecified atom stereocenters. The number of carbonyl (C=O) groups excluding carboxylic acids is 1. The number of amides is 2. The van der Waals surface area contributed by atoms with Crippen LogP contribution >= 0.6 is 15.9 Å². The quantitative estimate of drug-likeness (QED) is 0.431. The molecule has 160 valence electrons. The second-order valence-corrected chi connectivity index (χ2v) is 8.42. The van der Waals surface area contributed by atoms with E-state index in [0.717, 1.165) is 41.8 Å². The molecule has 0 spiro atoms. The average molecular weight is 481 g/mol. The van der Waals surface area contributed by atoms with Gasteiger partial charge in [-0.1, -0.05) is 35.9 Å². The van der Waals surface area contributed by atoms with Crippen molar-refractivity contribution < 1.29 is 4.79 Å². The maximum Gasteiger partial charge on any atom is 0.321 e. The molecule has 1 saturated heterocycles. The van der Waals surface area contributed by atoms with Crippen LogP contribution in [-0.2, 0) is 6.54 Å². The summed E-state index contributed by atoms with van der Waals surface area (Å²) in [5.41, 5.74) is 3.93. The van der Waals surface area contributed by atoms with Gasteiger partial charge in [-0.15, -0.1) is 0 Å². The first kappa shape index (κ1) is 21.1. The summed E-state index contributed by atoms with van der Waals surface area (Å²) in [5, 5.41) is 9.52. The number of likely N-dealkylation sites (tertiary alicyclic amines) is 1. The topological polar surface area (TPSA) is 82.2 Å². The van der Waals surface area contributed by atoms with E-state index in [2.05, 4.69) is 67.0 Å². The molecule has 3 aromatic rings. The van der Waals surface area contributed by atoms with E-state index >= 15 is 0 Å². The minimum atomic E-state index is -0.0582. The van der Waals surface area contributed by atoms with E-state index in [1.807, 2.05) is 35.2 Å². The third-order valence-corrected chi connectivity index (χ3v) is 5.63. The molecule has 0 bridgehead atoms. The smallest absolute Gasteiger partial charge is 0.321 e. The lowest BCUT2D eigenvalue weighted by Gasteiger charge is -2.16. The Kier molecular flexibility index (Phi) is 6.66. The molecule has 0 aliphatic carbocycles. The highest BCUT2D eigenvalue weighted by atomic mass is 79.9. The van der Waals surface area contributed by atoms with Crippen LogP contribution < -0.4 is 16.0 Å². The molecule has 4 rings (SSSR count). The zero-order valence-corrected chi connectivity index (χ0v) is 18.9. The van der Waals surface area contributed by atoms with E-state index in [9.17, 15) is 4.79 Å². The molecule has 0 radical (unpaired) electrons. The lowest BCUT2D eigenvalue weighted by Crippen LogP contribution is -2.32. The van der Waals surface area contributed by atoms with Gasteiger partial charge in [0.05, 0.1) is 4.47 Å². The van der Waals surface area contributed by atoms with Crippen molar-refractivity contribution in [2.75, 3.05) is 29.0 Å². The first-order valence-electron chi connectivity index (χ1n) is 10.3. The molecule has 8 heteroatoms. The van der Waals surface area contributed by atoms with Crippen molar-refractivity contribution in [1.82, 2.24) is 14.9 Å². The van der Waals surface area contributed by atoms with Crippen molar-refractivity contribution in [2.45, 2.75) is 26.3 Å². The van der Waals surface area contributed by atoms with E-state index in [1.54, 1.807) is 6.20 Å². The number of hydrogen-bond donors (Lipinski definition) is 3. The minimum absolute atomic E-state index is 0.0582. The van der Waals surface area contributed by atoms with Crippen LogP contribution in [0.25, 0.3) is 0 Å². The largest absolute Gasteiger partial charge is 0.365 e. The normalized spacial score (nSPS) is 13.2. The summed E-state index contributed by atoms with van der Waals surface area (Å²) >= 11 is 3.51. The molecule has 1 fully saturated rings. The van der Waals surface area contributed by atoms with Crippen molar-refractivity contribution >= 4 is 45.1 Å². The predicted molar refractivity (Wildman–Crippen MR) is 128 cm³/mol. The van der Waals surface area contributed by atoms with Gasteiger partial charge in [0.2, 0.25) is 5.95 Å². The van der Waals surface area contributed by atoms with Crippen LogP contribution in [0.4, 0.5) is 27.9 Å². The van der Waals surface area contributed by atoms with Crippen molar-refractivity contribution in [3.63, 3.8) is 0 Å². The summed E-state index contributed by atoms with van der Waals surface area (Å²) < 4.78 is 0.789. The summed E-state index contributed by atoms with van der Waals surface area (Å²) in [6.45, 7) is 4.37. The Morgan fingerprint density at radius 1 is 1.10 bits per heavy atom. The summed E-state index contributed by atoms with van der Waals surface area (Å²) in [6, 6.07) is 15.8. The van der Waals surface area contributed by atoms with Crippen LogP contribution in [-0.4, -0.2) is 34.0 Å². The van der Waals surface area contributed by atoms with Gasteiger partial charge in [0.1, 0.15) is 5.82 Å². The van der Waals surface area contributed by atoms with E-state index < -0.39 is 0 Å². The molecule has 0 saturated carbocycles. The van der Waals surface area contributed by atoms with Gasteiger partial charge >= 0.3 is 6.03 Å². The Labute approximate surface area is 190 Å². The molecule has 0 atom stereocenters. The Morgan fingerprint density at radius 3 is 2.68 bits per heavy atom. The van der Waals surface area contributed by atoms with E-state index in [4.69, 9.17) is 0 Å². The number of carbonyl (C=O) groups is 1. The number of anilines is 4. The monoisotopic (exact) mass is 480 g/mol. The molecule has 2 aromatic carbocycles. The average Bonchev–Trinajstić information content (AvgIpc) is 3.30. The third kappa shape index (κ3) is 5.73. The molecule has 2 amide bonds. The van der Waals surface area contributed by atoms with Crippen LogP contribution in [0.15, 0.2) is 59.2 Å². The fraction of sp³-hybridized carbons (Fsp3) is 0.261. The first-order valence-corrected chi connectivity index (χ1v) is 11.1. The van der Waals surface area contributed by atoms with Gasteiger partial charge in [-0.05, 0) is 59.5 Å². The standard InChI is InChI=1S/C23H25BrN6O/c1-16-6-4-7-17(12-16)14-25-21-20(24)15-26-22(29-21)27-18-8-5-9-19(13-18)28-23(31)30-10-2-3-11-30/h4-9,12-13,15H,2-3,10-11,14H2,1H3,(H,28,31)(H2,25,26,27,29). The lowest BCUT2D eigenvalue weighted by molar-refractivity contribution is 0.222. The number of halogens is 1. The summed E-state index contributed by atoms with van der Waals surface area (Å²) in [7, 11) is 0. The number of urea groups is 1. The van der Waals surface area contributed by atoms with E-state index in [0.29, 0.717) is 18.3 Å². The van der Waals surface area contributed by atoms with Gasteiger partial charge in [0, 0.05) is 37.2 Å². The second-order valence-electron chi connectivity index (χ2n) is 7.56. The Hall–Kier alpha value is -3.13. The Bertz CT molecular complexity index is 1070. The highest BCUT2D eigenvalue weighted by molar-refractivity contribution is 9.10. The molecule has 7 nitrogen and oxygen atoms in total. The SMILES string of the molecule is Cc1cccc(CNc2nc(Nc3cccc(NC(=O)N4CCCC4)c3)ncc2Br)c1. The molecular weight excluding hydrogens is 456 g/mol. The van der Waals surface area contributed by atoms with Crippen LogP contribution in [0.1, 0.15) is 24.0 Å². The van der Waals surface area contributed by atoms with Crippen LogP contribution in [0, 0.1) is 6.92 Å². The highest BCUT2D eigenvalue weighted by Gasteiger charge is 2.17. The van der Waals surface area contributed by atoms with Gasteiger partial charge in [0.15, 0.2) is 0 Å². The maximum atomic E-state index is 12.3. The Balaban J connectivity index is 1.42. The van der Waals surface area contributed by atoms with Crippen molar-refractivity contribution in [3.05, 3.63) is 70.3 Å². The zero-order valence-electron chi connectivity index (χ0n) is 17.4. The second kappa shape index (κ2) is 9.78. The number of aromatic nitrogens is 2. The molecule has 2 heterocycles. The third-order valence-electron chi connectivity index (χ3n) is 5.05. The minimum Gasteiger partial charge on any atom is -0.365 e. The number of aryl methyl sites for hydroxylation is 1. The van der Waals surface area contributed by atoms with Gasteiger partial charge in [-0.3, -0.25) is 0 Å². The van der Waals surface area contributed by atoms with Gasteiger partial charge < -0.3 is 20.9 Å². The summed E-state index contributed by atoms with van der Waals surface area (Å²) in [6.07, 6.45) is 3.85. The number of hydrogen-bond acceptors (Lipinski definition) is 5. The van der Waals surface area contributed by atoms with Crippen LogP contribution in [0.2, 0.25) is 0 Å². The molecule has 1 aliphatic rings. The molecule has 3 N–H and O–H groups in total. The summed E-state index contributed by atoms with van der Waals surface area (Å²) in [5.74, 6) is 1.18. The number of nitrogens with zero attached hydrogens (tertiary/aromatic N) is 3. The number of benzene rings is 2. The van der Waals surface area contributed by atoms with Crippen LogP contribution in [0.5, 0.6) is 0 Å². The predicted octanol–water partition coefficient (Wildman–Crippen LogP) is 5.53. The van der Waals surface area contributed by atoms with E-state index in [-0.39, 0.29) is 6.03 Å². The maximum absolute atomic E-state index is 12.3. The van der Waals surface area contributed by atoms with Crippen molar-refractivity contribution in [2.24, 2.45) is 0 Å². The van der Waals surface area contributed by atoms with Gasteiger partial charge in [0.25, 0.3) is 0 Å². The van der Waals surface area contributed by atoms with E-state index in [1.165, 1.54) is 11.1 Å². The molecule has 1 aliphatic heterocycles. The summed E-state index contributed by atoms with van der Waals surface area (Å²) in [4.78, 5) is 23.1. The van der Waals surface area contributed by atoms with Gasteiger partial charge in [-0.2, -0.15) is 4.98 Å². The first-order chi connectivity index (χ1) is 15.1. The Morgan fingerprint density at radius 2 is 1.87 bits per heavy atom. The highest BCUT2D eigenvalue weighted by Crippen LogP contribution is 2.24. The fourth-order valence-corrected chi connectivity index (χ4v) is 3.82. The molecule has 31 heavy (non-hydrogen) atoms. The molecular formula is C23H25BrN6O. The van der Waals surface area contributed by atoms with Crippen LogP contribution in [0.3, 0.4) is 0 Å². The zero-order chi connectivity index (χ0) is 21.6. The number of rotatable bonds is 6. The van der Waals surface area contributed by atoms with Crippen molar-refractivity contribution in [1.29, 1.82) is 0 Å².